The third-order valence-corrected chi connectivity index (χ3v) is 5.76. The van der Waals surface area contributed by atoms with E-state index in [0.29, 0.717) is 48.6 Å². The molecule has 0 radical (unpaired) electrons. The number of anilines is 2. The molecule has 1 amide bonds. The van der Waals surface area contributed by atoms with Gasteiger partial charge in [-0.2, -0.15) is 13.2 Å². The molecule has 1 aliphatic rings. The van der Waals surface area contributed by atoms with E-state index in [1.807, 2.05) is 4.90 Å². The summed E-state index contributed by atoms with van der Waals surface area (Å²) in [4.78, 5) is 24.7. The number of benzene rings is 1. The van der Waals surface area contributed by atoms with Crippen molar-refractivity contribution >= 4 is 17.3 Å². The summed E-state index contributed by atoms with van der Waals surface area (Å²) >= 11 is 0. The van der Waals surface area contributed by atoms with Gasteiger partial charge in [-0.05, 0) is 49.2 Å². The maximum absolute atomic E-state index is 13.1. The molecule has 0 saturated carbocycles. The summed E-state index contributed by atoms with van der Waals surface area (Å²) in [7, 11) is 1.54. The van der Waals surface area contributed by atoms with Crippen LogP contribution in [0.3, 0.4) is 0 Å². The molecule has 3 heterocycles. The second kappa shape index (κ2) is 9.48. The highest BCUT2D eigenvalue weighted by Crippen LogP contribution is 2.39. The van der Waals surface area contributed by atoms with E-state index in [0.717, 1.165) is 12.1 Å². The largest absolute Gasteiger partial charge is 0.494 e. The molecule has 3 aromatic rings. The average Bonchev–Trinajstić information content (AvgIpc) is 2.85. The van der Waals surface area contributed by atoms with Crippen LogP contribution in [0.5, 0.6) is 5.75 Å². The summed E-state index contributed by atoms with van der Waals surface area (Å²) in [5.41, 5.74) is 1.14. The second-order valence-electron chi connectivity index (χ2n) is 7.72. The Bertz CT molecular complexity index is 1080. The van der Waals surface area contributed by atoms with Crippen molar-refractivity contribution in [3.05, 3.63) is 78.4 Å². The fraction of sp³-hybridized carbons (Fsp3) is 0.292. The van der Waals surface area contributed by atoms with Crippen molar-refractivity contribution < 1.29 is 22.7 Å². The van der Waals surface area contributed by atoms with E-state index < -0.39 is 11.7 Å². The summed E-state index contributed by atoms with van der Waals surface area (Å²) in [6, 6.07) is 10.1. The van der Waals surface area contributed by atoms with Gasteiger partial charge in [0.1, 0.15) is 11.4 Å². The molecular weight excluding hydrogens is 433 g/mol. The van der Waals surface area contributed by atoms with E-state index in [4.69, 9.17) is 4.74 Å². The predicted molar refractivity (Wildman–Crippen MR) is 118 cm³/mol. The number of pyridine rings is 2. The molecule has 1 saturated heterocycles. The van der Waals surface area contributed by atoms with Crippen LogP contribution < -0.4 is 9.64 Å². The fourth-order valence-electron chi connectivity index (χ4n) is 4.09. The summed E-state index contributed by atoms with van der Waals surface area (Å²) in [6.45, 7) is 1.04. The van der Waals surface area contributed by atoms with Crippen LogP contribution in [-0.4, -0.2) is 47.0 Å². The number of hydrogen-bond acceptors (Lipinski definition) is 5. The normalized spacial score (nSPS) is 14.7. The van der Waals surface area contributed by atoms with Gasteiger partial charge in [-0.3, -0.25) is 14.8 Å². The molecule has 172 valence electrons. The highest BCUT2D eigenvalue weighted by Gasteiger charge is 2.32. The Morgan fingerprint density at radius 3 is 2.24 bits per heavy atom. The number of piperidine rings is 1. The van der Waals surface area contributed by atoms with E-state index in [9.17, 15) is 18.0 Å². The molecular formula is C24H23F3N4O2. The van der Waals surface area contributed by atoms with Gasteiger partial charge in [-0.1, -0.05) is 0 Å². The lowest BCUT2D eigenvalue weighted by molar-refractivity contribution is -0.137. The maximum Gasteiger partial charge on any atom is 0.416 e. The summed E-state index contributed by atoms with van der Waals surface area (Å²) < 4.78 is 44.8. The molecule has 2 aromatic heterocycles. The van der Waals surface area contributed by atoms with Crippen LogP contribution in [0.25, 0.3) is 0 Å². The Hall–Kier alpha value is -3.62. The number of halogens is 3. The quantitative estimate of drug-likeness (QED) is 0.544. The van der Waals surface area contributed by atoms with Crippen molar-refractivity contribution in [3.8, 4) is 5.75 Å². The maximum atomic E-state index is 13.1. The molecule has 0 unspecified atom stereocenters. The van der Waals surface area contributed by atoms with Gasteiger partial charge >= 0.3 is 6.18 Å². The first-order valence-electron chi connectivity index (χ1n) is 10.5. The van der Waals surface area contributed by atoms with Crippen LogP contribution in [0.2, 0.25) is 0 Å². The highest BCUT2D eigenvalue weighted by molar-refractivity contribution is 5.94. The molecule has 6 nitrogen and oxygen atoms in total. The average molecular weight is 456 g/mol. The molecule has 1 fully saturated rings. The fourth-order valence-corrected chi connectivity index (χ4v) is 4.09. The minimum atomic E-state index is -4.41. The smallest absolute Gasteiger partial charge is 0.416 e. The number of methoxy groups -OCH3 is 1. The Morgan fingerprint density at radius 1 is 1.00 bits per heavy atom. The SMILES string of the molecule is COc1ccncc1N(c1ccc(C(F)(F)F)cc1)C1CCN(C(=O)c2ccncc2)CC1. The first kappa shape index (κ1) is 22.6. The van der Waals surface area contributed by atoms with Gasteiger partial charge in [0.05, 0.1) is 18.9 Å². The number of aromatic nitrogens is 2. The van der Waals surface area contributed by atoms with Crippen molar-refractivity contribution in [2.24, 2.45) is 0 Å². The van der Waals surface area contributed by atoms with Crippen molar-refractivity contribution in [1.29, 1.82) is 0 Å². The Balaban J connectivity index is 1.60. The third-order valence-electron chi connectivity index (χ3n) is 5.76. The van der Waals surface area contributed by atoms with E-state index >= 15 is 0 Å². The number of ether oxygens (including phenoxy) is 1. The van der Waals surface area contributed by atoms with Crippen LogP contribution in [0.15, 0.2) is 67.3 Å². The molecule has 0 spiro atoms. The zero-order valence-corrected chi connectivity index (χ0v) is 18.0. The lowest BCUT2D eigenvalue weighted by Crippen LogP contribution is -2.45. The minimum absolute atomic E-state index is 0.0543. The van der Waals surface area contributed by atoms with E-state index in [2.05, 4.69) is 9.97 Å². The first-order chi connectivity index (χ1) is 15.9. The van der Waals surface area contributed by atoms with Gasteiger partial charge in [-0.25, -0.2) is 0 Å². The van der Waals surface area contributed by atoms with Gasteiger partial charge in [0.2, 0.25) is 0 Å². The summed E-state index contributed by atoms with van der Waals surface area (Å²) in [6.07, 6.45) is 3.27. The van der Waals surface area contributed by atoms with Crippen LogP contribution in [0.4, 0.5) is 24.5 Å². The lowest BCUT2D eigenvalue weighted by Gasteiger charge is -2.40. The van der Waals surface area contributed by atoms with E-state index in [1.54, 1.807) is 55.0 Å². The number of amides is 1. The number of carbonyl (C=O) groups excluding carboxylic acids is 1. The zero-order valence-electron chi connectivity index (χ0n) is 18.0. The van der Waals surface area contributed by atoms with Crippen LogP contribution in [0.1, 0.15) is 28.8 Å². The molecule has 0 N–H and O–H groups in total. The van der Waals surface area contributed by atoms with E-state index in [-0.39, 0.29) is 11.9 Å². The van der Waals surface area contributed by atoms with E-state index in [1.165, 1.54) is 12.1 Å². The lowest BCUT2D eigenvalue weighted by atomic mass is 10.00. The molecule has 0 aliphatic carbocycles. The standard InChI is InChI=1S/C24H23F3N4O2/c1-33-22-8-13-29-16-21(22)31(19-4-2-18(3-5-19)24(25,26)27)20-9-14-30(15-10-20)23(32)17-6-11-28-12-7-17/h2-8,11-13,16,20H,9-10,14-15H2,1H3. The van der Waals surface area contributed by atoms with Crippen molar-refractivity contribution in [1.82, 2.24) is 14.9 Å². The topological polar surface area (TPSA) is 58.6 Å². The monoisotopic (exact) mass is 456 g/mol. The van der Waals surface area contributed by atoms with Crippen molar-refractivity contribution in [2.45, 2.75) is 25.1 Å². The van der Waals surface area contributed by atoms with Gasteiger partial charge in [-0.15, -0.1) is 0 Å². The van der Waals surface area contributed by atoms with Crippen LogP contribution >= 0.6 is 0 Å². The third kappa shape index (κ3) is 4.92. The summed E-state index contributed by atoms with van der Waals surface area (Å²) in [5.74, 6) is 0.510. The van der Waals surface area contributed by atoms with Crippen LogP contribution in [0, 0.1) is 0 Å². The van der Waals surface area contributed by atoms with Crippen molar-refractivity contribution in [3.63, 3.8) is 0 Å². The summed E-state index contributed by atoms with van der Waals surface area (Å²) in [5, 5.41) is 0. The molecule has 0 atom stereocenters. The number of carbonyl (C=O) groups is 1. The van der Waals surface area contributed by atoms with Gasteiger partial charge in [0, 0.05) is 55.0 Å². The first-order valence-corrected chi connectivity index (χ1v) is 10.5. The minimum Gasteiger partial charge on any atom is -0.494 e. The Labute approximate surface area is 189 Å². The highest BCUT2D eigenvalue weighted by atomic mass is 19.4. The Morgan fingerprint density at radius 2 is 1.64 bits per heavy atom. The van der Waals surface area contributed by atoms with Crippen LogP contribution in [-0.2, 0) is 6.18 Å². The van der Waals surface area contributed by atoms with Gasteiger partial charge in [0.25, 0.3) is 5.91 Å². The second-order valence-corrected chi connectivity index (χ2v) is 7.72. The molecule has 9 heteroatoms. The predicted octanol–water partition coefficient (Wildman–Crippen LogP) is 4.95. The number of rotatable bonds is 5. The zero-order chi connectivity index (χ0) is 23.4. The molecule has 33 heavy (non-hydrogen) atoms. The molecule has 0 bridgehead atoms. The number of nitrogens with zero attached hydrogens (tertiary/aromatic N) is 4. The Kier molecular flexibility index (Phi) is 6.48. The van der Waals surface area contributed by atoms with Gasteiger partial charge < -0.3 is 14.5 Å². The van der Waals surface area contributed by atoms with Crippen molar-refractivity contribution in [2.75, 3.05) is 25.1 Å². The van der Waals surface area contributed by atoms with Gasteiger partial charge in [0.15, 0.2) is 0 Å². The molecule has 1 aliphatic heterocycles. The molecule has 1 aromatic carbocycles. The number of alkyl halides is 3. The molecule has 4 rings (SSSR count). The number of likely N-dealkylation sites (tertiary alicyclic amines) is 1. The number of hydrogen-bond donors (Lipinski definition) is 0.